The number of hydrogen-bond donors (Lipinski definition) is 1. The molecule has 1 aliphatic carbocycles. The van der Waals surface area contributed by atoms with Gasteiger partial charge in [-0.25, -0.2) is 0 Å². The first-order chi connectivity index (χ1) is 12.2. The summed E-state index contributed by atoms with van der Waals surface area (Å²) < 4.78 is 11.5. The molecule has 1 amide bonds. The largest absolute Gasteiger partial charge is 0.493 e. The minimum absolute atomic E-state index is 0.0913. The third-order valence-electron chi connectivity index (χ3n) is 5.40. The molecule has 0 radical (unpaired) electrons. The van der Waals surface area contributed by atoms with Gasteiger partial charge in [0, 0.05) is 18.7 Å². The zero-order valence-corrected chi connectivity index (χ0v) is 15.4. The molecule has 5 nitrogen and oxygen atoms in total. The van der Waals surface area contributed by atoms with Crippen LogP contribution in [0.1, 0.15) is 48.9 Å². The Morgan fingerprint density at radius 3 is 2.52 bits per heavy atom. The molecule has 1 aromatic rings. The summed E-state index contributed by atoms with van der Waals surface area (Å²) in [5.41, 5.74) is 0.683. The molecule has 138 valence electrons. The summed E-state index contributed by atoms with van der Waals surface area (Å²) in [5, 5.41) is 3.23. The molecule has 3 rings (SSSR count). The quantitative estimate of drug-likeness (QED) is 0.860. The normalized spacial score (nSPS) is 19.2. The highest BCUT2D eigenvalue weighted by atomic mass is 16.5. The molecule has 1 saturated heterocycles. The van der Waals surface area contributed by atoms with Crippen LogP contribution in [-0.2, 0) is 0 Å². The number of nitrogens with zero attached hydrogens (tertiary/aromatic N) is 1. The van der Waals surface area contributed by atoms with Crippen molar-refractivity contribution in [3.8, 4) is 11.5 Å². The number of amides is 1. The number of carbonyl (C=O) groups is 1. The van der Waals surface area contributed by atoms with E-state index in [9.17, 15) is 4.79 Å². The first-order valence-electron chi connectivity index (χ1n) is 9.50. The summed E-state index contributed by atoms with van der Waals surface area (Å²) in [6.45, 7) is 2.69. The molecule has 2 fully saturated rings. The van der Waals surface area contributed by atoms with E-state index in [1.807, 2.05) is 30.1 Å². The fourth-order valence-corrected chi connectivity index (χ4v) is 3.90. The van der Waals surface area contributed by atoms with E-state index >= 15 is 0 Å². The molecule has 25 heavy (non-hydrogen) atoms. The van der Waals surface area contributed by atoms with Crippen molar-refractivity contribution in [3.05, 3.63) is 23.8 Å². The van der Waals surface area contributed by atoms with Crippen LogP contribution in [0.25, 0.3) is 0 Å². The smallest absolute Gasteiger partial charge is 0.253 e. The van der Waals surface area contributed by atoms with Gasteiger partial charge in [-0.1, -0.05) is 0 Å². The van der Waals surface area contributed by atoms with E-state index in [1.54, 1.807) is 7.11 Å². The predicted molar refractivity (Wildman–Crippen MR) is 98.4 cm³/mol. The molecule has 0 bridgehead atoms. The minimum atomic E-state index is 0.0913. The van der Waals surface area contributed by atoms with E-state index in [0.717, 1.165) is 51.1 Å². The van der Waals surface area contributed by atoms with Crippen LogP contribution in [0.5, 0.6) is 11.5 Å². The summed E-state index contributed by atoms with van der Waals surface area (Å²) in [4.78, 5) is 14.8. The Morgan fingerprint density at radius 2 is 1.88 bits per heavy atom. The highest BCUT2D eigenvalue weighted by Gasteiger charge is 2.24. The van der Waals surface area contributed by atoms with Gasteiger partial charge in [0.1, 0.15) is 0 Å². The lowest BCUT2D eigenvalue weighted by Gasteiger charge is -2.32. The first-order valence-corrected chi connectivity index (χ1v) is 9.50. The van der Waals surface area contributed by atoms with Crippen LogP contribution in [-0.4, -0.2) is 50.7 Å². The van der Waals surface area contributed by atoms with E-state index < -0.39 is 0 Å². The third kappa shape index (κ3) is 4.46. The molecule has 1 aromatic carbocycles. The molecular formula is C20H30N2O3. The number of rotatable bonds is 6. The molecule has 0 spiro atoms. The van der Waals surface area contributed by atoms with E-state index in [2.05, 4.69) is 5.32 Å². The van der Waals surface area contributed by atoms with Crippen molar-refractivity contribution in [2.75, 3.05) is 33.8 Å². The first kappa shape index (κ1) is 18.1. The van der Waals surface area contributed by atoms with Crippen LogP contribution in [0.4, 0.5) is 0 Å². The molecule has 0 atom stereocenters. The summed E-state index contributed by atoms with van der Waals surface area (Å²) in [7, 11) is 3.62. The molecule has 1 N–H and O–H groups in total. The summed E-state index contributed by atoms with van der Waals surface area (Å²) >= 11 is 0. The summed E-state index contributed by atoms with van der Waals surface area (Å²) in [6.07, 6.45) is 7.07. The summed E-state index contributed by atoms with van der Waals surface area (Å²) in [5.74, 6) is 2.17. The molecule has 5 heteroatoms. The van der Waals surface area contributed by atoms with Crippen LogP contribution in [0, 0.1) is 5.92 Å². The van der Waals surface area contributed by atoms with Gasteiger partial charge in [0.15, 0.2) is 11.5 Å². The van der Waals surface area contributed by atoms with Crippen molar-refractivity contribution in [2.45, 2.75) is 44.6 Å². The standard InChI is InChI=1S/C20H30N2O3/c1-21-14-15-9-11-22(12-10-15)20(23)16-7-8-18(19(13-16)24-2)25-17-5-3-4-6-17/h7-8,13,15,17,21H,3-6,9-12,14H2,1-2H3. The number of nitrogens with one attached hydrogen (secondary N) is 1. The van der Waals surface area contributed by atoms with Crippen molar-refractivity contribution in [3.63, 3.8) is 0 Å². The third-order valence-corrected chi connectivity index (χ3v) is 5.40. The Kier molecular flexibility index (Phi) is 6.19. The maximum absolute atomic E-state index is 12.8. The average Bonchev–Trinajstić information content (AvgIpc) is 3.15. The molecule has 0 aromatic heterocycles. The van der Waals surface area contributed by atoms with Gasteiger partial charge in [0.2, 0.25) is 0 Å². The number of hydrogen-bond acceptors (Lipinski definition) is 4. The number of benzene rings is 1. The Hall–Kier alpha value is -1.75. The van der Waals surface area contributed by atoms with Crippen LogP contribution >= 0.6 is 0 Å². The van der Waals surface area contributed by atoms with Gasteiger partial charge < -0.3 is 19.7 Å². The second kappa shape index (κ2) is 8.56. The van der Waals surface area contributed by atoms with Gasteiger partial charge in [-0.15, -0.1) is 0 Å². The Labute approximate surface area is 150 Å². The fraction of sp³-hybridized carbons (Fsp3) is 0.650. The van der Waals surface area contributed by atoms with E-state index in [4.69, 9.17) is 9.47 Å². The Bertz CT molecular complexity index is 576. The Balaban J connectivity index is 1.64. The van der Waals surface area contributed by atoms with Gasteiger partial charge >= 0.3 is 0 Å². The number of likely N-dealkylation sites (tertiary alicyclic amines) is 1. The van der Waals surface area contributed by atoms with Gasteiger partial charge in [-0.2, -0.15) is 0 Å². The molecule has 1 aliphatic heterocycles. The van der Waals surface area contributed by atoms with Crippen molar-refractivity contribution >= 4 is 5.91 Å². The maximum Gasteiger partial charge on any atom is 0.253 e. The molecule has 1 heterocycles. The number of carbonyl (C=O) groups excluding carboxylic acids is 1. The predicted octanol–water partition coefficient (Wildman–Crippen LogP) is 3.09. The molecular weight excluding hydrogens is 316 g/mol. The van der Waals surface area contributed by atoms with Gasteiger partial charge in [-0.05, 0) is 76.2 Å². The highest BCUT2D eigenvalue weighted by Crippen LogP contribution is 2.33. The van der Waals surface area contributed by atoms with E-state index in [-0.39, 0.29) is 12.0 Å². The zero-order chi connectivity index (χ0) is 17.6. The lowest BCUT2D eigenvalue weighted by molar-refractivity contribution is 0.0690. The van der Waals surface area contributed by atoms with Gasteiger partial charge in [0.25, 0.3) is 5.91 Å². The summed E-state index contributed by atoms with van der Waals surface area (Å²) in [6, 6.07) is 5.58. The van der Waals surface area contributed by atoms with E-state index in [1.165, 1.54) is 12.8 Å². The Morgan fingerprint density at radius 1 is 1.16 bits per heavy atom. The second-order valence-corrected chi connectivity index (χ2v) is 7.18. The average molecular weight is 346 g/mol. The van der Waals surface area contributed by atoms with E-state index in [0.29, 0.717) is 17.2 Å². The van der Waals surface area contributed by atoms with Crippen LogP contribution in [0.3, 0.4) is 0 Å². The topological polar surface area (TPSA) is 50.8 Å². The van der Waals surface area contributed by atoms with Crippen LogP contribution in [0.2, 0.25) is 0 Å². The van der Waals surface area contributed by atoms with Gasteiger partial charge in [0.05, 0.1) is 13.2 Å². The minimum Gasteiger partial charge on any atom is -0.493 e. The fourth-order valence-electron chi connectivity index (χ4n) is 3.90. The lowest BCUT2D eigenvalue weighted by atomic mass is 9.96. The van der Waals surface area contributed by atoms with Gasteiger partial charge in [-0.3, -0.25) is 4.79 Å². The molecule has 2 aliphatic rings. The van der Waals surface area contributed by atoms with Crippen molar-refractivity contribution in [1.82, 2.24) is 10.2 Å². The van der Waals surface area contributed by atoms with Crippen molar-refractivity contribution in [1.29, 1.82) is 0 Å². The van der Waals surface area contributed by atoms with Crippen LogP contribution < -0.4 is 14.8 Å². The molecule has 0 unspecified atom stereocenters. The van der Waals surface area contributed by atoms with Crippen LogP contribution in [0.15, 0.2) is 18.2 Å². The lowest BCUT2D eigenvalue weighted by Crippen LogP contribution is -2.40. The zero-order valence-electron chi connectivity index (χ0n) is 15.4. The number of piperidine rings is 1. The highest BCUT2D eigenvalue weighted by molar-refractivity contribution is 5.95. The molecule has 1 saturated carbocycles. The van der Waals surface area contributed by atoms with Crippen molar-refractivity contribution < 1.29 is 14.3 Å². The SMILES string of the molecule is CNCC1CCN(C(=O)c2ccc(OC3CCCC3)c(OC)c2)CC1. The number of methoxy groups -OCH3 is 1. The maximum atomic E-state index is 12.8. The van der Waals surface area contributed by atoms with Crippen molar-refractivity contribution in [2.24, 2.45) is 5.92 Å². The monoisotopic (exact) mass is 346 g/mol. The second-order valence-electron chi connectivity index (χ2n) is 7.18. The number of ether oxygens (including phenoxy) is 2.